The molecule has 25 heteroatoms. The van der Waals surface area contributed by atoms with E-state index in [0.717, 1.165) is 13.8 Å². The van der Waals surface area contributed by atoms with Crippen LogP contribution in [-0.2, 0) is 57.0 Å². The molecule has 5 aliphatic heterocycles. The number of aliphatic hydroxyl groups excluding tert-OH is 12. The Labute approximate surface area is 336 Å². The Bertz CT molecular complexity index is 1380. The Hall–Kier alpha value is -1.90. The van der Waals surface area contributed by atoms with Crippen molar-refractivity contribution in [2.45, 2.75) is 188 Å². The van der Waals surface area contributed by atoms with Gasteiger partial charge in [-0.15, -0.1) is 0 Å². The second-order valence-electron chi connectivity index (χ2n) is 15.2. The van der Waals surface area contributed by atoms with Crippen LogP contribution in [0.25, 0.3) is 0 Å². The minimum Gasteiger partial charge on any atom is -0.454 e. The number of aliphatic hydroxyl groups is 12. The third-order valence-corrected chi connectivity index (χ3v) is 10.9. The molecule has 0 aromatic heterocycles. The summed E-state index contributed by atoms with van der Waals surface area (Å²) in [6.45, 7) is 4.40. The summed E-state index contributed by atoms with van der Waals surface area (Å²) in [5.41, 5.74) is 0. The van der Waals surface area contributed by atoms with Crippen molar-refractivity contribution in [1.29, 1.82) is 0 Å². The molecule has 59 heavy (non-hydrogen) atoms. The van der Waals surface area contributed by atoms with Crippen molar-refractivity contribution in [1.82, 2.24) is 5.32 Å². The number of carbonyl (C=O) groups is 2. The fourth-order valence-corrected chi connectivity index (χ4v) is 7.53. The number of amides is 1. The van der Waals surface area contributed by atoms with E-state index in [0.29, 0.717) is 0 Å². The van der Waals surface area contributed by atoms with Gasteiger partial charge >= 0.3 is 5.97 Å². The highest BCUT2D eigenvalue weighted by atomic mass is 16.8. The van der Waals surface area contributed by atoms with Crippen molar-refractivity contribution in [2.24, 2.45) is 0 Å². The maximum absolute atomic E-state index is 12.7. The zero-order valence-corrected chi connectivity index (χ0v) is 32.6. The lowest BCUT2D eigenvalue weighted by atomic mass is 9.94. The lowest BCUT2D eigenvalue weighted by Gasteiger charge is -2.50. The lowest BCUT2D eigenvalue weighted by Crippen LogP contribution is -2.70. The predicted molar refractivity (Wildman–Crippen MR) is 183 cm³/mol. The molecule has 5 aliphatic rings. The first-order chi connectivity index (χ1) is 27.7. The molecule has 5 rings (SSSR count). The molecule has 25 nitrogen and oxygen atoms in total. The van der Waals surface area contributed by atoms with Gasteiger partial charge in [-0.05, 0) is 20.8 Å². The number of esters is 1. The van der Waals surface area contributed by atoms with Gasteiger partial charge in [-0.25, -0.2) is 0 Å². The number of rotatable bonds is 12. The molecule has 342 valence electrons. The molecule has 25 atom stereocenters. The molecular formula is C34H57NO24. The van der Waals surface area contributed by atoms with Crippen LogP contribution in [0.15, 0.2) is 0 Å². The summed E-state index contributed by atoms with van der Waals surface area (Å²) < 4.78 is 57.5. The topological polar surface area (TPSA) is 381 Å². The molecule has 13 N–H and O–H groups in total. The van der Waals surface area contributed by atoms with E-state index in [1.54, 1.807) is 0 Å². The van der Waals surface area contributed by atoms with Gasteiger partial charge in [0.2, 0.25) is 5.91 Å². The van der Waals surface area contributed by atoms with E-state index in [2.05, 4.69) is 5.32 Å². The van der Waals surface area contributed by atoms with Crippen molar-refractivity contribution in [3.05, 3.63) is 0 Å². The molecule has 5 saturated heterocycles. The first-order valence-electron chi connectivity index (χ1n) is 19.1. The van der Waals surface area contributed by atoms with Gasteiger partial charge in [0.15, 0.2) is 37.6 Å². The molecule has 0 bridgehead atoms. The summed E-state index contributed by atoms with van der Waals surface area (Å²) >= 11 is 0. The van der Waals surface area contributed by atoms with Gasteiger partial charge in [0, 0.05) is 13.8 Å². The van der Waals surface area contributed by atoms with Gasteiger partial charge in [0.05, 0.1) is 31.5 Å². The lowest BCUT2D eigenvalue weighted by molar-refractivity contribution is -0.388. The Balaban J connectivity index is 1.46. The van der Waals surface area contributed by atoms with Crippen LogP contribution >= 0.6 is 0 Å². The number of hydrogen-bond acceptors (Lipinski definition) is 24. The Morgan fingerprint density at radius 2 is 0.915 bits per heavy atom. The van der Waals surface area contributed by atoms with Crippen molar-refractivity contribution in [3.63, 3.8) is 0 Å². The van der Waals surface area contributed by atoms with E-state index < -0.39 is 179 Å². The third kappa shape index (κ3) is 10.3. The normalized spacial score (nSPS) is 50.8. The van der Waals surface area contributed by atoms with Crippen LogP contribution in [0.3, 0.4) is 0 Å². The van der Waals surface area contributed by atoms with Crippen molar-refractivity contribution in [3.8, 4) is 0 Å². The predicted octanol–water partition coefficient (Wildman–Crippen LogP) is -8.13. The van der Waals surface area contributed by atoms with E-state index in [4.69, 9.17) is 47.4 Å². The molecule has 5 heterocycles. The molecule has 0 aromatic carbocycles. The number of ether oxygens (including phenoxy) is 10. The van der Waals surface area contributed by atoms with Crippen LogP contribution in [0.4, 0.5) is 0 Å². The minimum absolute atomic E-state index is 0.775. The average Bonchev–Trinajstić information content (AvgIpc) is 3.18. The fraction of sp³-hybridized carbons (Fsp3) is 0.941. The second-order valence-corrected chi connectivity index (χ2v) is 15.2. The van der Waals surface area contributed by atoms with Gasteiger partial charge in [-0.1, -0.05) is 0 Å². The molecule has 0 aromatic rings. The smallest absolute Gasteiger partial charge is 0.303 e. The van der Waals surface area contributed by atoms with Crippen molar-refractivity contribution in [2.75, 3.05) is 13.2 Å². The molecule has 0 aliphatic carbocycles. The Morgan fingerprint density at radius 3 is 1.47 bits per heavy atom. The van der Waals surface area contributed by atoms with E-state index in [1.165, 1.54) is 20.8 Å². The molecule has 5 fully saturated rings. The highest BCUT2D eigenvalue weighted by molar-refractivity contribution is 5.73. The zero-order chi connectivity index (χ0) is 43.8. The Kier molecular flexibility index (Phi) is 16.4. The average molecular weight is 864 g/mol. The van der Waals surface area contributed by atoms with E-state index in [1.807, 2.05) is 0 Å². The quantitative estimate of drug-likeness (QED) is 0.0810. The summed E-state index contributed by atoms with van der Waals surface area (Å²) in [5, 5.41) is 130. The first kappa shape index (κ1) is 48.1. The summed E-state index contributed by atoms with van der Waals surface area (Å²) in [4.78, 5) is 25.1. The summed E-state index contributed by atoms with van der Waals surface area (Å²) in [7, 11) is 0. The van der Waals surface area contributed by atoms with Crippen molar-refractivity contribution >= 4 is 11.9 Å². The van der Waals surface area contributed by atoms with E-state index >= 15 is 0 Å². The van der Waals surface area contributed by atoms with Gasteiger partial charge < -0.3 is 114 Å². The first-order valence-corrected chi connectivity index (χ1v) is 19.1. The molecule has 1 amide bonds. The summed E-state index contributed by atoms with van der Waals surface area (Å²) in [5.74, 6) is -1.73. The maximum atomic E-state index is 12.7. The zero-order valence-electron chi connectivity index (χ0n) is 32.6. The van der Waals surface area contributed by atoms with Gasteiger partial charge in [-0.2, -0.15) is 0 Å². The maximum Gasteiger partial charge on any atom is 0.303 e. The van der Waals surface area contributed by atoms with Crippen LogP contribution in [0.2, 0.25) is 0 Å². The van der Waals surface area contributed by atoms with E-state index in [-0.39, 0.29) is 0 Å². The van der Waals surface area contributed by atoms with E-state index in [9.17, 15) is 70.9 Å². The number of hydrogen-bond donors (Lipinski definition) is 13. The minimum atomic E-state index is -1.97. The highest BCUT2D eigenvalue weighted by Crippen LogP contribution is 2.36. The van der Waals surface area contributed by atoms with Crippen LogP contribution < -0.4 is 5.32 Å². The Morgan fingerprint density at radius 1 is 0.475 bits per heavy atom. The second kappa shape index (κ2) is 20.1. The van der Waals surface area contributed by atoms with Gasteiger partial charge in [-0.3, -0.25) is 9.59 Å². The molecular weight excluding hydrogens is 806 g/mol. The third-order valence-electron chi connectivity index (χ3n) is 10.9. The highest BCUT2D eigenvalue weighted by Gasteiger charge is 2.57. The fourth-order valence-electron chi connectivity index (χ4n) is 7.53. The molecule has 0 spiro atoms. The SMILES string of the molecule is CC(=O)N[C@H]1[C@H](O[C@@H]2[C@H](O[C@H]3O[C@H](CO)[C@@H](O)[C@H](O)[C@H]3O)[C@@H](O)[C@H](C)O[C@H]2O)O[C@H](CO)[C@@H](O)[C@@H]1O[C@@H]1O[C@@H](C)[C@H](O)[C@@H](O[C@@H]2O[C@@H](C)[C@H](O)[C@@H](O)[C@H]2O)[C@H]1OC(C)=O. The number of carbonyl (C=O) groups excluding carboxylic acids is 2. The monoisotopic (exact) mass is 863 g/mol. The van der Waals surface area contributed by atoms with Gasteiger partial charge in [0.1, 0.15) is 97.6 Å². The molecule has 0 saturated carbocycles. The standard InChI is InChI=1S/C34H57NO24/c1-8-16(40)21(45)23(47)32(51-8)58-27-18(42)10(3)52-34(29(27)53-12(5)39)56-25-15(35-11(4)38)31(54-14(7-37)20(25)44)59-28-26(17(41)9(2)50-30(28)49)57-33-24(48)22(46)19(43)13(6-36)55-33/h8-10,13-34,36-37,40-49H,6-7H2,1-5H3,(H,35,38)/t8-,9-,10-,13+,14+,15+,16-,17-,18-,19+,20+,21+,22-,23+,24+,25+,26+,27+,28+,29+,30+,31-,32-,33+,34-/m0/s1. The summed E-state index contributed by atoms with van der Waals surface area (Å²) in [6, 6.07) is -1.65. The largest absolute Gasteiger partial charge is 0.454 e. The number of nitrogens with one attached hydrogen (secondary N) is 1. The van der Waals surface area contributed by atoms with Gasteiger partial charge in [0.25, 0.3) is 0 Å². The van der Waals surface area contributed by atoms with Crippen molar-refractivity contribution < 1.29 is 118 Å². The van der Waals surface area contributed by atoms with Crippen LogP contribution in [0.5, 0.6) is 0 Å². The molecule has 0 unspecified atom stereocenters. The molecule has 0 radical (unpaired) electrons. The van der Waals surface area contributed by atoms with Crippen LogP contribution in [0, 0.1) is 0 Å². The van der Waals surface area contributed by atoms with Crippen LogP contribution in [0.1, 0.15) is 34.6 Å². The van der Waals surface area contributed by atoms with Crippen LogP contribution in [-0.4, -0.2) is 240 Å². The summed E-state index contributed by atoms with van der Waals surface area (Å²) in [6.07, 6.45) is -40.3.